The number of anilines is 1. The molecule has 9 N–H and O–H groups in total. The molecule has 23 heteroatoms. The summed E-state index contributed by atoms with van der Waals surface area (Å²) in [5.41, 5.74) is 8.31. The van der Waals surface area contributed by atoms with Crippen molar-refractivity contribution in [2.24, 2.45) is 21.4 Å². The van der Waals surface area contributed by atoms with Gasteiger partial charge in [-0.1, -0.05) is 5.16 Å². The maximum Gasteiger partial charge on any atom is 0.313 e. The van der Waals surface area contributed by atoms with Gasteiger partial charge in [-0.3, -0.25) is 29.6 Å². The molecule has 1 aromatic rings. The molecule has 0 aliphatic carbocycles. The van der Waals surface area contributed by atoms with Crippen LogP contribution in [0, 0.1) is 5.41 Å². The van der Waals surface area contributed by atoms with Gasteiger partial charge >= 0.3 is 5.97 Å². The lowest BCUT2D eigenvalue weighted by Gasteiger charge is -2.53. The number of aliphatic imine (C=N–C) groups is 1. The number of allylic oxidation sites excluding steroid dienone is 1. The number of nitrogens with one attached hydrogen (secondary N) is 3. The van der Waals surface area contributed by atoms with Gasteiger partial charge in [0.05, 0.1) is 11.2 Å². The zero-order chi connectivity index (χ0) is 32.7. The van der Waals surface area contributed by atoms with Crippen LogP contribution < -0.4 is 27.9 Å². The average Bonchev–Trinajstić information content (AvgIpc) is 3.63. The van der Waals surface area contributed by atoms with Gasteiger partial charge in [0, 0.05) is 29.1 Å². The molecule has 2 saturated heterocycles. The van der Waals surface area contributed by atoms with Crippen molar-refractivity contribution >= 4 is 99.9 Å². The number of aliphatic hydroxyl groups excluding tert-OH is 1. The molecule has 4 aliphatic heterocycles. The first kappa shape index (κ1) is 38.1. The molecule has 3 atom stereocenters. The molecule has 5 heterocycles. The van der Waals surface area contributed by atoms with E-state index < -0.39 is 46.1 Å². The van der Waals surface area contributed by atoms with Crippen LogP contribution in [0.4, 0.5) is 5.13 Å². The Kier molecular flexibility index (Phi) is 12.0. The first-order valence-electron chi connectivity index (χ1n) is 13.3. The lowest BCUT2D eigenvalue weighted by atomic mass is 9.89. The predicted octanol–water partition coefficient (Wildman–Crippen LogP) is -0.636. The Morgan fingerprint density at radius 1 is 1.34 bits per heavy atom. The highest BCUT2D eigenvalue weighted by atomic mass is 35.5. The SMILES string of the molecule is CC1=NC2=CN(CO)NN2C(SCC2(C(=O)O)CS[C@@H]3C(NC(=O)C(=NOC(C)(C)C(=O)NN)c4csc(N)n4)C(=O)N3C2)=C1.Cl.Cl. The number of thiazole rings is 1. The summed E-state index contributed by atoms with van der Waals surface area (Å²) in [5, 5.41) is 31.2. The van der Waals surface area contributed by atoms with Gasteiger partial charge in [0.15, 0.2) is 16.7 Å². The van der Waals surface area contributed by atoms with Gasteiger partial charge < -0.3 is 31.0 Å². The first-order chi connectivity index (χ1) is 21.3. The molecule has 0 spiro atoms. The maximum atomic E-state index is 13.4. The highest BCUT2D eigenvalue weighted by Crippen LogP contribution is 2.45. The van der Waals surface area contributed by atoms with Gasteiger partial charge in [-0.05, 0) is 26.8 Å². The molecule has 4 aliphatic rings. The highest BCUT2D eigenvalue weighted by molar-refractivity contribution is 8.03. The number of amides is 3. The molecule has 2 unspecified atom stereocenters. The minimum Gasteiger partial charge on any atom is -0.481 e. The van der Waals surface area contributed by atoms with Crippen LogP contribution in [0.1, 0.15) is 26.5 Å². The number of carbonyl (C=O) groups excluding carboxylic acids is 3. The van der Waals surface area contributed by atoms with Crippen LogP contribution in [-0.4, -0.2) is 107 Å². The number of aliphatic hydroxyl groups is 1. The molecule has 3 amide bonds. The van der Waals surface area contributed by atoms with Crippen LogP contribution in [-0.2, 0) is 24.0 Å². The van der Waals surface area contributed by atoms with E-state index in [1.165, 1.54) is 52.7 Å². The molecular weight excluding hydrogens is 721 g/mol. The molecule has 0 saturated carbocycles. The van der Waals surface area contributed by atoms with Crippen molar-refractivity contribution in [3.8, 4) is 0 Å². The Balaban J connectivity index is 0.00000300. The summed E-state index contributed by atoms with van der Waals surface area (Å²) in [6, 6.07) is -0.964. The number of hydrazine groups is 3. The second kappa shape index (κ2) is 14.8. The van der Waals surface area contributed by atoms with Crippen molar-refractivity contribution in [2.45, 2.75) is 37.8 Å². The average molecular weight is 755 g/mol. The van der Waals surface area contributed by atoms with E-state index in [1.807, 2.05) is 12.3 Å². The van der Waals surface area contributed by atoms with Gasteiger partial charge in [-0.2, -0.15) is 0 Å². The fourth-order valence-corrected chi connectivity index (χ4v) is 8.06. The van der Waals surface area contributed by atoms with Crippen LogP contribution in [0.15, 0.2) is 38.7 Å². The zero-order valence-corrected chi connectivity index (χ0v) is 29.1. The van der Waals surface area contributed by atoms with Gasteiger partial charge in [-0.15, -0.1) is 65.2 Å². The summed E-state index contributed by atoms with van der Waals surface area (Å²) in [6.45, 7) is 4.24. The van der Waals surface area contributed by atoms with Crippen molar-refractivity contribution in [1.29, 1.82) is 0 Å². The number of nitrogens with two attached hydrogens (primary N) is 2. The van der Waals surface area contributed by atoms with E-state index in [9.17, 15) is 29.4 Å². The minimum atomic E-state index is -1.54. The lowest BCUT2D eigenvalue weighted by molar-refractivity contribution is -0.157. The van der Waals surface area contributed by atoms with E-state index in [-0.39, 0.29) is 66.1 Å². The number of aromatic nitrogens is 1. The molecule has 0 radical (unpaired) electrons. The number of rotatable bonds is 11. The van der Waals surface area contributed by atoms with Crippen LogP contribution in [0.25, 0.3) is 0 Å². The van der Waals surface area contributed by atoms with Crippen molar-refractivity contribution < 1.29 is 34.2 Å². The van der Waals surface area contributed by atoms with Crippen molar-refractivity contribution in [2.75, 3.05) is 30.5 Å². The molecule has 5 rings (SSSR count). The largest absolute Gasteiger partial charge is 0.481 e. The maximum absolute atomic E-state index is 13.4. The molecule has 0 aromatic carbocycles. The monoisotopic (exact) mass is 753 g/mol. The topological polar surface area (TPSA) is 253 Å². The molecular formula is C24H33Cl2N11O7S3. The Morgan fingerprint density at radius 2 is 2.06 bits per heavy atom. The molecule has 0 bridgehead atoms. The molecule has 258 valence electrons. The lowest BCUT2D eigenvalue weighted by Crippen LogP contribution is -2.74. The standard InChI is InChI=1S/C24H31N11O7S3.2ClH/c1-11-4-14(35-13(27-11)5-33(10-36)32-35)44-8-24(21(40)41)7-34-18(38)16(19(34)45-9-24)29-17(37)15(12-6-43-22(25)28-12)31-42-23(2,3)20(39)30-26;;/h4-6,16,19,32,36H,7-10,26H2,1-3H3,(H2,25,28)(H,29,37)(H,30,39)(H,40,41);2*1H/t16?,19-,24?;;/m1../s1. The van der Waals surface area contributed by atoms with Crippen molar-refractivity contribution in [3.05, 3.63) is 34.2 Å². The quantitative estimate of drug-likeness (QED) is 0.0488. The van der Waals surface area contributed by atoms with Crippen LogP contribution in [0.5, 0.6) is 0 Å². The van der Waals surface area contributed by atoms with Gasteiger partial charge in [0.2, 0.25) is 11.5 Å². The number of hydrogen-bond donors (Lipinski definition) is 7. The Bertz CT molecular complexity index is 1560. The third-order valence-corrected chi connectivity index (χ3v) is 10.7. The van der Waals surface area contributed by atoms with Crippen molar-refractivity contribution in [3.63, 3.8) is 0 Å². The van der Waals surface area contributed by atoms with Crippen LogP contribution in [0.3, 0.4) is 0 Å². The predicted molar refractivity (Wildman–Crippen MR) is 181 cm³/mol. The molecule has 47 heavy (non-hydrogen) atoms. The molecule has 2 fully saturated rings. The van der Waals surface area contributed by atoms with E-state index in [2.05, 4.69) is 26.0 Å². The number of hydrogen-bond acceptors (Lipinski definition) is 17. The summed E-state index contributed by atoms with van der Waals surface area (Å²) < 4.78 is 0. The number of carbonyl (C=O) groups is 4. The van der Waals surface area contributed by atoms with E-state index in [0.717, 1.165) is 11.3 Å². The minimum absolute atomic E-state index is 0. The van der Waals surface area contributed by atoms with E-state index in [4.69, 9.17) is 16.4 Å². The molecule has 1 aromatic heterocycles. The second-order valence-electron chi connectivity index (χ2n) is 10.8. The van der Waals surface area contributed by atoms with Gasteiger partial charge in [0.25, 0.3) is 11.8 Å². The number of oxime groups is 1. The van der Waals surface area contributed by atoms with Crippen LogP contribution >= 0.6 is 59.7 Å². The fraction of sp³-hybridized carbons (Fsp3) is 0.458. The van der Waals surface area contributed by atoms with E-state index in [1.54, 1.807) is 17.3 Å². The second-order valence-corrected chi connectivity index (χ2v) is 13.8. The zero-order valence-electron chi connectivity index (χ0n) is 25.0. The summed E-state index contributed by atoms with van der Waals surface area (Å²) in [6.07, 6.45) is 3.43. The fourth-order valence-electron chi connectivity index (χ4n) is 4.59. The summed E-state index contributed by atoms with van der Waals surface area (Å²) in [5.74, 6) is 3.05. The number of nitrogen functional groups attached to an aromatic ring is 1. The number of carboxylic acids is 1. The van der Waals surface area contributed by atoms with E-state index in [0.29, 0.717) is 16.6 Å². The third kappa shape index (κ3) is 7.56. The Morgan fingerprint density at radius 3 is 2.68 bits per heavy atom. The third-order valence-electron chi connectivity index (χ3n) is 7.13. The summed E-state index contributed by atoms with van der Waals surface area (Å²) in [4.78, 5) is 66.5. The summed E-state index contributed by atoms with van der Waals surface area (Å²) in [7, 11) is 0. The number of halogens is 2. The van der Waals surface area contributed by atoms with Crippen LogP contribution in [0.2, 0.25) is 0 Å². The van der Waals surface area contributed by atoms with Gasteiger partial charge in [-0.25, -0.2) is 20.8 Å². The number of nitrogens with zero attached hydrogens (tertiary/aromatic N) is 6. The number of carboxylic acid groups (broad SMARTS) is 1. The smallest absolute Gasteiger partial charge is 0.313 e. The van der Waals surface area contributed by atoms with E-state index >= 15 is 0 Å². The Labute approximate surface area is 293 Å². The number of fused-ring (bicyclic) bond motifs is 2. The Hall–Kier alpha value is -3.31. The highest BCUT2D eigenvalue weighted by Gasteiger charge is 2.57. The number of aliphatic carboxylic acids is 1. The number of thioether (sulfide) groups is 2. The van der Waals surface area contributed by atoms with Gasteiger partial charge in [0.1, 0.15) is 29.3 Å². The molecule has 18 nitrogen and oxygen atoms in total. The normalized spacial score (nSPS) is 23.5. The summed E-state index contributed by atoms with van der Waals surface area (Å²) >= 11 is 3.59. The van der Waals surface area contributed by atoms with Crippen molar-refractivity contribution in [1.82, 2.24) is 36.2 Å². The number of β-lactam (4-membered cyclic amide) rings is 1. The first-order valence-corrected chi connectivity index (χ1v) is 16.2.